The average Bonchev–Trinajstić information content (AvgIpc) is 2.38. The first-order chi connectivity index (χ1) is 9.02. The molecule has 0 spiro atoms. The summed E-state index contributed by atoms with van der Waals surface area (Å²) >= 11 is 0. The van der Waals surface area contributed by atoms with Gasteiger partial charge in [-0.05, 0) is 30.3 Å². The molecular formula is C14H9F3O2. The van der Waals surface area contributed by atoms with Crippen molar-refractivity contribution < 1.29 is 22.7 Å². The van der Waals surface area contributed by atoms with E-state index in [1.54, 1.807) is 0 Å². The molecule has 0 amide bonds. The summed E-state index contributed by atoms with van der Waals surface area (Å²) in [7, 11) is 1.31. The van der Waals surface area contributed by atoms with E-state index < -0.39 is 23.2 Å². The standard InChI is InChI=1S/C14H9F3O2/c1-19-13-5-3-8(15)6-11(13)14(18)10-4-2-9(16)7-12(10)17/h2-7H,1H3. The van der Waals surface area contributed by atoms with Crippen LogP contribution in [0, 0.1) is 17.5 Å². The van der Waals surface area contributed by atoms with Crippen LogP contribution in [-0.4, -0.2) is 12.9 Å². The van der Waals surface area contributed by atoms with Gasteiger partial charge in [0.2, 0.25) is 0 Å². The Morgan fingerprint density at radius 3 is 2.21 bits per heavy atom. The fraction of sp³-hybridized carbons (Fsp3) is 0.0714. The van der Waals surface area contributed by atoms with Crippen molar-refractivity contribution >= 4 is 5.78 Å². The summed E-state index contributed by atoms with van der Waals surface area (Å²) in [5.74, 6) is -3.09. The van der Waals surface area contributed by atoms with Crippen LogP contribution in [0.25, 0.3) is 0 Å². The molecule has 0 atom stereocenters. The second-order valence-corrected chi connectivity index (χ2v) is 3.80. The van der Waals surface area contributed by atoms with Crippen molar-refractivity contribution in [2.24, 2.45) is 0 Å². The van der Waals surface area contributed by atoms with Crippen molar-refractivity contribution in [3.05, 3.63) is 65.0 Å². The number of carbonyl (C=O) groups excluding carboxylic acids is 1. The number of hydrogen-bond acceptors (Lipinski definition) is 2. The Kier molecular flexibility index (Phi) is 3.55. The summed E-state index contributed by atoms with van der Waals surface area (Å²) in [6.07, 6.45) is 0. The van der Waals surface area contributed by atoms with Crippen LogP contribution in [0.3, 0.4) is 0 Å². The zero-order valence-electron chi connectivity index (χ0n) is 9.91. The average molecular weight is 266 g/mol. The summed E-state index contributed by atoms with van der Waals surface area (Å²) in [6.45, 7) is 0. The third-order valence-corrected chi connectivity index (χ3v) is 2.58. The molecule has 0 aliphatic heterocycles. The number of methoxy groups -OCH3 is 1. The third kappa shape index (κ3) is 2.59. The Hall–Kier alpha value is -2.30. The fourth-order valence-electron chi connectivity index (χ4n) is 1.68. The largest absolute Gasteiger partial charge is 0.496 e. The number of benzene rings is 2. The molecule has 2 aromatic rings. The molecule has 98 valence electrons. The first-order valence-electron chi connectivity index (χ1n) is 5.36. The van der Waals surface area contributed by atoms with Crippen LogP contribution in [0.1, 0.15) is 15.9 Å². The molecule has 0 heterocycles. The van der Waals surface area contributed by atoms with Gasteiger partial charge >= 0.3 is 0 Å². The van der Waals surface area contributed by atoms with Gasteiger partial charge in [-0.3, -0.25) is 4.79 Å². The Morgan fingerprint density at radius 1 is 0.947 bits per heavy atom. The summed E-state index contributed by atoms with van der Waals surface area (Å²) in [4.78, 5) is 12.1. The molecule has 0 N–H and O–H groups in total. The predicted octanol–water partition coefficient (Wildman–Crippen LogP) is 3.34. The molecule has 0 unspecified atom stereocenters. The number of rotatable bonds is 3. The molecule has 2 rings (SSSR count). The van der Waals surface area contributed by atoms with E-state index in [0.29, 0.717) is 6.07 Å². The number of carbonyl (C=O) groups is 1. The van der Waals surface area contributed by atoms with E-state index in [1.807, 2.05) is 0 Å². The molecule has 19 heavy (non-hydrogen) atoms. The first-order valence-corrected chi connectivity index (χ1v) is 5.36. The molecule has 0 saturated carbocycles. The lowest BCUT2D eigenvalue weighted by Gasteiger charge is -2.08. The maximum atomic E-state index is 13.5. The number of halogens is 3. The van der Waals surface area contributed by atoms with Crippen molar-refractivity contribution in [3.63, 3.8) is 0 Å². The van der Waals surface area contributed by atoms with Gasteiger partial charge in [0.15, 0.2) is 5.78 Å². The lowest BCUT2D eigenvalue weighted by molar-refractivity contribution is 0.103. The molecule has 0 saturated heterocycles. The minimum atomic E-state index is -1.00. The molecular weight excluding hydrogens is 257 g/mol. The Balaban J connectivity index is 2.52. The zero-order valence-corrected chi connectivity index (χ0v) is 9.91. The van der Waals surface area contributed by atoms with Gasteiger partial charge in [0.25, 0.3) is 0 Å². The predicted molar refractivity (Wildman–Crippen MR) is 62.7 cm³/mol. The zero-order chi connectivity index (χ0) is 14.0. The lowest BCUT2D eigenvalue weighted by Crippen LogP contribution is -2.07. The van der Waals surface area contributed by atoms with Gasteiger partial charge < -0.3 is 4.74 Å². The van der Waals surface area contributed by atoms with E-state index in [1.165, 1.54) is 13.2 Å². The second kappa shape index (κ2) is 5.14. The van der Waals surface area contributed by atoms with Crippen molar-refractivity contribution in [1.29, 1.82) is 0 Å². The molecule has 5 heteroatoms. The number of hydrogen-bond donors (Lipinski definition) is 0. The fourth-order valence-corrected chi connectivity index (χ4v) is 1.68. The monoisotopic (exact) mass is 266 g/mol. The molecule has 0 fully saturated rings. The Labute approximate surface area is 107 Å². The van der Waals surface area contributed by atoms with Crippen molar-refractivity contribution in [2.45, 2.75) is 0 Å². The Bertz CT molecular complexity index is 639. The third-order valence-electron chi connectivity index (χ3n) is 2.58. The molecule has 2 nitrogen and oxygen atoms in total. The highest BCUT2D eigenvalue weighted by atomic mass is 19.1. The van der Waals surface area contributed by atoms with E-state index in [9.17, 15) is 18.0 Å². The van der Waals surface area contributed by atoms with Gasteiger partial charge in [0, 0.05) is 6.07 Å². The van der Waals surface area contributed by atoms with Gasteiger partial charge in [-0.15, -0.1) is 0 Å². The molecule has 0 aliphatic carbocycles. The molecule has 2 aromatic carbocycles. The minimum Gasteiger partial charge on any atom is -0.496 e. The quantitative estimate of drug-likeness (QED) is 0.796. The highest BCUT2D eigenvalue weighted by molar-refractivity contribution is 6.10. The van der Waals surface area contributed by atoms with E-state index >= 15 is 0 Å². The van der Waals surface area contributed by atoms with Crippen LogP contribution in [0.2, 0.25) is 0 Å². The smallest absolute Gasteiger partial charge is 0.199 e. The number of ketones is 1. The van der Waals surface area contributed by atoms with Gasteiger partial charge in [0.1, 0.15) is 23.2 Å². The molecule has 0 radical (unpaired) electrons. The maximum Gasteiger partial charge on any atom is 0.199 e. The minimum absolute atomic E-state index is 0.118. The van der Waals surface area contributed by atoms with E-state index in [2.05, 4.69) is 0 Å². The van der Waals surface area contributed by atoms with Crippen LogP contribution in [0.15, 0.2) is 36.4 Å². The van der Waals surface area contributed by atoms with Crippen molar-refractivity contribution in [3.8, 4) is 5.75 Å². The topological polar surface area (TPSA) is 26.3 Å². The normalized spacial score (nSPS) is 10.3. The van der Waals surface area contributed by atoms with Crippen LogP contribution in [0.4, 0.5) is 13.2 Å². The highest BCUT2D eigenvalue weighted by Gasteiger charge is 2.19. The summed E-state index contributed by atoms with van der Waals surface area (Å²) in [6, 6.07) is 5.91. The van der Waals surface area contributed by atoms with Gasteiger partial charge in [0.05, 0.1) is 18.2 Å². The summed E-state index contributed by atoms with van der Waals surface area (Å²) in [5, 5.41) is 0. The summed E-state index contributed by atoms with van der Waals surface area (Å²) in [5.41, 5.74) is -0.460. The van der Waals surface area contributed by atoms with Crippen molar-refractivity contribution in [1.82, 2.24) is 0 Å². The van der Waals surface area contributed by atoms with Crippen LogP contribution in [0.5, 0.6) is 5.75 Å². The highest BCUT2D eigenvalue weighted by Crippen LogP contribution is 2.24. The van der Waals surface area contributed by atoms with Gasteiger partial charge in [-0.25, -0.2) is 13.2 Å². The van der Waals surface area contributed by atoms with Crippen LogP contribution < -0.4 is 4.74 Å². The maximum absolute atomic E-state index is 13.5. The SMILES string of the molecule is COc1ccc(F)cc1C(=O)c1ccc(F)cc1F. The number of ether oxygens (including phenoxy) is 1. The molecule has 0 bridgehead atoms. The first kappa shape index (κ1) is 13.1. The molecule has 0 aromatic heterocycles. The Morgan fingerprint density at radius 2 is 1.58 bits per heavy atom. The van der Waals surface area contributed by atoms with E-state index in [-0.39, 0.29) is 16.9 Å². The second-order valence-electron chi connectivity index (χ2n) is 3.80. The molecule has 0 aliphatic rings. The van der Waals surface area contributed by atoms with E-state index in [0.717, 1.165) is 24.3 Å². The lowest BCUT2D eigenvalue weighted by atomic mass is 10.0. The van der Waals surface area contributed by atoms with Gasteiger partial charge in [-0.2, -0.15) is 0 Å². The van der Waals surface area contributed by atoms with Crippen LogP contribution in [-0.2, 0) is 0 Å². The van der Waals surface area contributed by atoms with Crippen molar-refractivity contribution in [2.75, 3.05) is 7.11 Å². The van der Waals surface area contributed by atoms with E-state index in [4.69, 9.17) is 4.74 Å². The van der Waals surface area contributed by atoms with Gasteiger partial charge in [-0.1, -0.05) is 0 Å². The summed E-state index contributed by atoms with van der Waals surface area (Å²) < 4.78 is 44.4. The van der Waals surface area contributed by atoms with Crippen LogP contribution >= 0.6 is 0 Å².